The fourth-order valence-corrected chi connectivity index (χ4v) is 5.73. The van der Waals surface area contributed by atoms with Crippen LogP contribution in [0.5, 0.6) is 0 Å². The van der Waals surface area contributed by atoms with Gasteiger partial charge in [-0.2, -0.15) is 8.78 Å². The summed E-state index contributed by atoms with van der Waals surface area (Å²) in [6.07, 6.45) is 1.98. The lowest BCUT2D eigenvalue weighted by Crippen LogP contribution is -2.36. The maximum Gasteiger partial charge on any atom is 0.319 e. The first kappa shape index (κ1) is 26.9. The number of amides is 1. The number of carbonyl (C=O) groups is 1. The molecule has 2 aromatic carbocycles. The Morgan fingerprint density at radius 2 is 1.86 bits per heavy atom. The van der Waals surface area contributed by atoms with Gasteiger partial charge in [-0.1, -0.05) is 12.1 Å². The molecule has 200 valence electrons. The molecule has 37 heavy (non-hydrogen) atoms. The number of halogens is 2. The molecule has 0 unspecified atom stereocenters. The number of benzene rings is 2. The molecule has 1 aromatic heterocycles. The van der Waals surface area contributed by atoms with Crippen LogP contribution in [0.3, 0.4) is 0 Å². The Morgan fingerprint density at radius 1 is 1.14 bits per heavy atom. The SMILES string of the molecule is COCCN(C)C(=O)CS(=O)(=O)Nc1ccc(N2CCCC2)c(-c2cc3ccc(C)cc3n2C(F)F)c1. The van der Waals surface area contributed by atoms with E-state index in [1.165, 1.54) is 19.1 Å². The third-order valence-corrected chi connectivity index (χ3v) is 7.73. The average Bonchev–Trinajstić information content (AvgIpc) is 3.49. The first-order chi connectivity index (χ1) is 17.6. The number of aryl methyl sites for hydroxylation is 1. The zero-order chi connectivity index (χ0) is 26.7. The number of hydrogen-bond acceptors (Lipinski definition) is 5. The molecule has 1 saturated heterocycles. The molecule has 4 rings (SSSR count). The second-order valence-corrected chi connectivity index (χ2v) is 11.1. The van der Waals surface area contributed by atoms with E-state index >= 15 is 0 Å². The summed E-state index contributed by atoms with van der Waals surface area (Å²) in [4.78, 5) is 15.8. The third kappa shape index (κ3) is 6.04. The Kier molecular flexibility index (Phi) is 8.03. The lowest BCUT2D eigenvalue weighted by Gasteiger charge is -2.23. The topological polar surface area (TPSA) is 83.9 Å². The molecule has 8 nitrogen and oxygen atoms in total. The van der Waals surface area contributed by atoms with Gasteiger partial charge in [0.1, 0.15) is 5.75 Å². The van der Waals surface area contributed by atoms with E-state index in [1.807, 2.05) is 13.0 Å². The Balaban J connectivity index is 1.73. The highest BCUT2D eigenvalue weighted by Gasteiger charge is 2.25. The van der Waals surface area contributed by atoms with Crippen LogP contribution in [0, 0.1) is 6.92 Å². The first-order valence-corrected chi connectivity index (χ1v) is 13.8. The van der Waals surface area contributed by atoms with Crippen LogP contribution in [-0.4, -0.2) is 69.9 Å². The van der Waals surface area contributed by atoms with Crippen molar-refractivity contribution in [3.63, 3.8) is 0 Å². The monoisotopic (exact) mass is 534 g/mol. The number of likely N-dealkylation sites (N-methyl/N-ethyl adjacent to an activating group) is 1. The summed E-state index contributed by atoms with van der Waals surface area (Å²) in [7, 11) is -1.04. The van der Waals surface area contributed by atoms with Crippen LogP contribution in [0.4, 0.5) is 20.2 Å². The van der Waals surface area contributed by atoms with E-state index in [4.69, 9.17) is 4.74 Å². The second-order valence-electron chi connectivity index (χ2n) is 9.33. The van der Waals surface area contributed by atoms with Crippen LogP contribution in [0.2, 0.25) is 0 Å². The Bertz CT molecular complexity index is 1380. The number of hydrogen-bond donors (Lipinski definition) is 1. The number of aromatic nitrogens is 1. The van der Waals surface area contributed by atoms with Crippen LogP contribution in [0.1, 0.15) is 25.0 Å². The summed E-state index contributed by atoms with van der Waals surface area (Å²) in [5.41, 5.74) is 3.03. The minimum atomic E-state index is -4.04. The van der Waals surface area contributed by atoms with Gasteiger partial charge in [0.05, 0.1) is 17.8 Å². The van der Waals surface area contributed by atoms with E-state index in [2.05, 4.69) is 9.62 Å². The van der Waals surface area contributed by atoms with E-state index in [0.29, 0.717) is 22.2 Å². The predicted octanol–water partition coefficient (Wildman–Crippen LogP) is 4.46. The van der Waals surface area contributed by atoms with Crippen LogP contribution < -0.4 is 9.62 Å². The number of fused-ring (bicyclic) bond motifs is 1. The summed E-state index contributed by atoms with van der Waals surface area (Å²) < 4.78 is 62.8. The lowest BCUT2D eigenvalue weighted by molar-refractivity contribution is -0.127. The average molecular weight is 535 g/mol. The third-order valence-electron chi connectivity index (χ3n) is 6.56. The summed E-state index contributed by atoms with van der Waals surface area (Å²) in [5, 5.41) is 0.670. The van der Waals surface area contributed by atoms with Gasteiger partial charge in [-0.05, 0) is 55.7 Å². The van der Waals surface area contributed by atoms with Gasteiger partial charge in [0.2, 0.25) is 15.9 Å². The van der Waals surface area contributed by atoms with E-state index in [9.17, 15) is 22.0 Å². The van der Waals surface area contributed by atoms with Gasteiger partial charge in [-0.25, -0.2) is 8.42 Å². The molecular weight excluding hydrogens is 502 g/mol. The summed E-state index contributed by atoms with van der Waals surface area (Å²) >= 11 is 0. The maximum absolute atomic E-state index is 14.4. The Morgan fingerprint density at radius 3 is 2.54 bits per heavy atom. The Hall–Kier alpha value is -3.18. The number of sulfonamides is 1. The minimum Gasteiger partial charge on any atom is -0.383 e. The van der Waals surface area contributed by atoms with Crippen molar-refractivity contribution in [2.45, 2.75) is 26.3 Å². The molecule has 1 amide bonds. The molecule has 0 radical (unpaired) electrons. The van der Waals surface area contributed by atoms with Gasteiger partial charge in [0, 0.05) is 56.1 Å². The summed E-state index contributed by atoms with van der Waals surface area (Å²) in [6.45, 7) is 1.18. The molecule has 1 N–H and O–H groups in total. The lowest BCUT2D eigenvalue weighted by atomic mass is 10.1. The number of carbonyl (C=O) groups excluding carboxylic acids is 1. The van der Waals surface area contributed by atoms with Crippen molar-refractivity contribution in [1.29, 1.82) is 0 Å². The molecule has 0 atom stereocenters. The van der Waals surface area contributed by atoms with Crippen molar-refractivity contribution in [2.75, 3.05) is 55.8 Å². The molecule has 0 bridgehead atoms. The van der Waals surface area contributed by atoms with Crippen molar-refractivity contribution in [2.24, 2.45) is 0 Å². The standard InChI is InChI=1S/C26H32F2N4O4S/c1-18-6-7-19-15-24(32(26(27)28)23(19)14-18)21-16-20(8-9-22(21)31-10-4-5-11-31)29-37(34,35)17-25(33)30(2)12-13-36-3/h6-9,14-16,26,29H,4-5,10-13,17H2,1-3H3. The van der Waals surface area contributed by atoms with E-state index < -0.39 is 28.2 Å². The van der Waals surface area contributed by atoms with Gasteiger partial charge < -0.3 is 14.5 Å². The molecule has 2 heterocycles. The smallest absolute Gasteiger partial charge is 0.319 e. The van der Waals surface area contributed by atoms with E-state index in [0.717, 1.165) is 41.7 Å². The highest BCUT2D eigenvalue weighted by molar-refractivity contribution is 7.93. The van der Waals surface area contributed by atoms with E-state index in [-0.39, 0.29) is 18.8 Å². The van der Waals surface area contributed by atoms with Gasteiger partial charge >= 0.3 is 6.55 Å². The second kappa shape index (κ2) is 11.1. The number of ether oxygens (including phenoxy) is 1. The van der Waals surface area contributed by atoms with Crippen molar-refractivity contribution in [3.05, 3.63) is 48.0 Å². The van der Waals surface area contributed by atoms with Crippen LogP contribution in [0.15, 0.2) is 42.5 Å². The molecular formula is C26H32F2N4O4S. The number of alkyl halides is 2. The Labute approximate surface area is 215 Å². The molecule has 1 aliphatic rings. The molecule has 0 aliphatic carbocycles. The maximum atomic E-state index is 14.4. The van der Waals surface area contributed by atoms with Crippen LogP contribution in [-0.2, 0) is 19.6 Å². The fraction of sp³-hybridized carbons (Fsp3) is 0.423. The van der Waals surface area contributed by atoms with Crippen molar-refractivity contribution < 1.29 is 26.7 Å². The summed E-state index contributed by atoms with van der Waals surface area (Å²) in [5.74, 6) is -1.32. The largest absolute Gasteiger partial charge is 0.383 e. The van der Waals surface area contributed by atoms with Gasteiger partial charge in [-0.15, -0.1) is 0 Å². The number of nitrogens with one attached hydrogen (secondary N) is 1. The predicted molar refractivity (Wildman–Crippen MR) is 142 cm³/mol. The molecule has 0 saturated carbocycles. The number of rotatable bonds is 10. The highest BCUT2D eigenvalue weighted by atomic mass is 32.2. The van der Waals surface area contributed by atoms with Crippen LogP contribution in [0.25, 0.3) is 22.2 Å². The molecule has 0 spiro atoms. The van der Waals surface area contributed by atoms with Gasteiger partial charge in [0.15, 0.2) is 0 Å². The van der Waals surface area contributed by atoms with E-state index in [1.54, 1.807) is 36.4 Å². The van der Waals surface area contributed by atoms with Crippen LogP contribution >= 0.6 is 0 Å². The number of anilines is 2. The van der Waals surface area contributed by atoms with Gasteiger partial charge in [-0.3, -0.25) is 14.1 Å². The minimum absolute atomic E-state index is 0.201. The molecule has 1 aliphatic heterocycles. The number of methoxy groups -OCH3 is 1. The molecule has 3 aromatic rings. The zero-order valence-electron chi connectivity index (χ0n) is 21.2. The fourth-order valence-electron chi connectivity index (χ4n) is 4.63. The van der Waals surface area contributed by atoms with Gasteiger partial charge in [0.25, 0.3) is 0 Å². The van der Waals surface area contributed by atoms with Crippen molar-refractivity contribution >= 4 is 38.2 Å². The van der Waals surface area contributed by atoms with Crippen molar-refractivity contribution in [3.8, 4) is 11.3 Å². The molecule has 11 heteroatoms. The first-order valence-electron chi connectivity index (χ1n) is 12.1. The quantitative estimate of drug-likeness (QED) is 0.415. The molecule has 1 fully saturated rings. The highest BCUT2D eigenvalue weighted by Crippen LogP contribution is 2.40. The van der Waals surface area contributed by atoms with Crippen molar-refractivity contribution in [1.82, 2.24) is 9.47 Å². The normalized spacial score (nSPS) is 14.1. The number of nitrogens with zero attached hydrogens (tertiary/aromatic N) is 3. The summed E-state index contributed by atoms with van der Waals surface area (Å²) in [6, 6.07) is 12.0. The zero-order valence-corrected chi connectivity index (χ0v) is 22.0.